The predicted octanol–water partition coefficient (Wildman–Crippen LogP) is 1.90. The first-order valence-electron chi connectivity index (χ1n) is 10.0. The molecule has 1 aliphatic heterocycles. The number of ether oxygens (including phenoxy) is 2. The van der Waals surface area contributed by atoms with E-state index in [1.807, 2.05) is 12.1 Å². The van der Waals surface area contributed by atoms with Crippen molar-refractivity contribution in [2.24, 2.45) is 5.92 Å². The van der Waals surface area contributed by atoms with Gasteiger partial charge in [-0.25, -0.2) is 0 Å². The molecule has 2 fully saturated rings. The van der Waals surface area contributed by atoms with Gasteiger partial charge in [0.1, 0.15) is 18.0 Å². The van der Waals surface area contributed by atoms with Crippen LogP contribution in [-0.4, -0.2) is 51.2 Å². The monoisotopic (exact) mass is 361 g/mol. The second-order valence-electron chi connectivity index (χ2n) is 7.67. The average molecular weight is 362 g/mol. The summed E-state index contributed by atoms with van der Waals surface area (Å²) in [6.45, 7) is 4.63. The Labute approximate surface area is 157 Å². The van der Waals surface area contributed by atoms with Crippen molar-refractivity contribution < 1.29 is 19.2 Å². The van der Waals surface area contributed by atoms with E-state index >= 15 is 0 Å². The van der Waals surface area contributed by atoms with Gasteiger partial charge in [-0.05, 0) is 30.5 Å². The molecule has 0 unspecified atom stereocenters. The first-order valence-corrected chi connectivity index (χ1v) is 10.0. The molecule has 5 nitrogen and oxygen atoms in total. The van der Waals surface area contributed by atoms with Crippen molar-refractivity contribution in [1.29, 1.82) is 0 Å². The molecular weight excluding hydrogens is 328 g/mol. The Bertz CT molecular complexity index is 591. The van der Waals surface area contributed by atoms with Crippen molar-refractivity contribution in [3.63, 3.8) is 0 Å². The highest BCUT2D eigenvalue weighted by Gasteiger charge is 2.25. The Morgan fingerprint density at radius 3 is 2.54 bits per heavy atom. The highest BCUT2D eigenvalue weighted by Crippen LogP contribution is 2.28. The Balaban J connectivity index is 1.46. The minimum Gasteiger partial charge on any atom is -0.497 e. The molecule has 2 aliphatic rings. The van der Waals surface area contributed by atoms with Gasteiger partial charge in [0.2, 0.25) is 5.91 Å². The number of piperazine rings is 1. The Kier molecular flexibility index (Phi) is 6.78. The zero-order valence-electron chi connectivity index (χ0n) is 16.3. The molecule has 0 aromatic heterocycles. The molecule has 3 rings (SSSR count). The number of nitrogens with zero attached hydrogens (tertiary/aromatic N) is 1. The molecule has 1 saturated heterocycles. The fraction of sp³-hybridized carbons (Fsp3) is 0.667. The fourth-order valence-electron chi connectivity index (χ4n) is 4.32. The van der Waals surface area contributed by atoms with Gasteiger partial charge in [-0.1, -0.05) is 25.7 Å². The zero-order chi connectivity index (χ0) is 18.4. The molecule has 26 heavy (non-hydrogen) atoms. The molecule has 1 amide bonds. The number of carbonyl (C=O) groups excluding carboxylic acids is 1. The Morgan fingerprint density at radius 1 is 1.15 bits per heavy atom. The summed E-state index contributed by atoms with van der Waals surface area (Å²) in [5, 5.41) is 0. The molecule has 1 aromatic rings. The van der Waals surface area contributed by atoms with Gasteiger partial charge >= 0.3 is 0 Å². The van der Waals surface area contributed by atoms with Crippen LogP contribution < -0.4 is 14.4 Å². The number of benzene rings is 1. The summed E-state index contributed by atoms with van der Waals surface area (Å²) < 4.78 is 10.8. The molecule has 1 heterocycles. The molecule has 1 N–H and O–H groups in total. The molecular formula is C21H33N2O3+. The van der Waals surface area contributed by atoms with Gasteiger partial charge in [0, 0.05) is 6.42 Å². The van der Waals surface area contributed by atoms with Crippen LogP contribution >= 0.6 is 0 Å². The lowest BCUT2D eigenvalue weighted by molar-refractivity contribution is -0.917. The van der Waals surface area contributed by atoms with Gasteiger partial charge in [0.25, 0.3) is 0 Å². The molecule has 5 heteroatoms. The highest BCUT2D eigenvalue weighted by atomic mass is 16.5. The lowest BCUT2D eigenvalue weighted by Crippen LogP contribution is -3.13. The summed E-state index contributed by atoms with van der Waals surface area (Å²) in [5.74, 6) is 2.93. The van der Waals surface area contributed by atoms with Crippen LogP contribution in [-0.2, 0) is 11.3 Å². The highest BCUT2D eigenvalue weighted by molar-refractivity contribution is 5.76. The third kappa shape index (κ3) is 4.91. The van der Waals surface area contributed by atoms with Gasteiger partial charge < -0.3 is 19.3 Å². The molecule has 1 saturated carbocycles. The third-order valence-corrected chi connectivity index (χ3v) is 5.99. The maximum Gasteiger partial charge on any atom is 0.222 e. The summed E-state index contributed by atoms with van der Waals surface area (Å²) in [4.78, 5) is 16.1. The lowest BCUT2D eigenvalue weighted by Gasteiger charge is -2.32. The van der Waals surface area contributed by atoms with Gasteiger partial charge in [0.15, 0.2) is 0 Å². The normalized spacial score (nSPS) is 18.9. The van der Waals surface area contributed by atoms with Crippen molar-refractivity contribution in [3.8, 4) is 11.5 Å². The molecule has 0 bridgehead atoms. The van der Waals surface area contributed by atoms with E-state index in [2.05, 4.69) is 11.0 Å². The summed E-state index contributed by atoms with van der Waals surface area (Å²) in [5.41, 5.74) is 1.17. The van der Waals surface area contributed by atoms with Crippen molar-refractivity contribution in [2.45, 2.75) is 45.1 Å². The number of hydrogen-bond acceptors (Lipinski definition) is 3. The van der Waals surface area contributed by atoms with Gasteiger partial charge in [-0.2, -0.15) is 0 Å². The Morgan fingerprint density at radius 2 is 1.88 bits per heavy atom. The fourth-order valence-corrected chi connectivity index (χ4v) is 4.32. The van der Waals surface area contributed by atoms with Gasteiger partial charge in [-0.3, -0.25) is 4.79 Å². The van der Waals surface area contributed by atoms with Gasteiger partial charge in [0.05, 0.1) is 46.0 Å². The average Bonchev–Trinajstić information content (AvgIpc) is 3.20. The second kappa shape index (κ2) is 9.26. The number of carbonyl (C=O) groups is 1. The van der Waals surface area contributed by atoms with Crippen LogP contribution in [0.15, 0.2) is 18.2 Å². The first-order chi connectivity index (χ1) is 12.7. The number of rotatable bonds is 7. The smallest absolute Gasteiger partial charge is 0.222 e. The number of hydrogen-bond donors (Lipinski definition) is 1. The van der Waals surface area contributed by atoms with E-state index in [1.54, 1.807) is 14.2 Å². The number of methoxy groups -OCH3 is 2. The quantitative estimate of drug-likeness (QED) is 0.807. The summed E-state index contributed by atoms with van der Waals surface area (Å²) in [6, 6.07) is 5.96. The van der Waals surface area contributed by atoms with Crippen molar-refractivity contribution >= 4 is 5.91 Å². The topological polar surface area (TPSA) is 43.2 Å². The zero-order valence-corrected chi connectivity index (χ0v) is 16.3. The summed E-state index contributed by atoms with van der Waals surface area (Å²) >= 11 is 0. The van der Waals surface area contributed by atoms with E-state index in [4.69, 9.17) is 9.47 Å². The van der Waals surface area contributed by atoms with E-state index < -0.39 is 0 Å². The van der Waals surface area contributed by atoms with Crippen LogP contribution in [0.1, 0.15) is 44.1 Å². The van der Waals surface area contributed by atoms with Crippen molar-refractivity contribution in [2.75, 3.05) is 40.4 Å². The van der Waals surface area contributed by atoms with Crippen LogP contribution in [0.5, 0.6) is 11.5 Å². The maximum atomic E-state index is 12.5. The molecule has 0 spiro atoms. The summed E-state index contributed by atoms with van der Waals surface area (Å²) in [6.07, 6.45) is 7.20. The molecule has 0 atom stereocenters. The molecule has 0 radical (unpaired) electrons. The van der Waals surface area contributed by atoms with E-state index in [9.17, 15) is 4.79 Å². The molecule has 1 aliphatic carbocycles. The largest absolute Gasteiger partial charge is 0.497 e. The summed E-state index contributed by atoms with van der Waals surface area (Å²) in [7, 11) is 3.40. The van der Waals surface area contributed by atoms with E-state index in [0.29, 0.717) is 5.91 Å². The SMILES string of the molecule is COc1ccc(OC)c(C[NH+]2CCN(C(=O)CCC3CCCC3)CC2)c1. The standard InChI is InChI=1S/C21H32N2O3/c1-25-19-8-9-20(26-2)18(15-19)16-22-11-13-23(14-12-22)21(24)10-7-17-5-3-4-6-17/h8-9,15,17H,3-7,10-14,16H2,1-2H3/p+1. The lowest BCUT2D eigenvalue weighted by atomic mass is 10.0. The number of amides is 1. The second-order valence-corrected chi connectivity index (χ2v) is 7.67. The predicted molar refractivity (Wildman–Crippen MR) is 102 cm³/mol. The number of quaternary nitrogens is 1. The van der Waals surface area contributed by atoms with Gasteiger partial charge in [-0.15, -0.1) is 0 Å². The van der Waals surface area contributed by atoms with Crippen LogP contribution in [0, 0.1) is 5.92 Å². The van der Waals surface area contributed by atoms with Crippen LogP contribution in [0.25, 0.3) is 0 Å². The molecule has 144 valence electrons. The Hall–Kier alpha value is -1.75. The minimum atomic E-state index is 0.356. The van der Waals surface area contributed by atoms with E-state index in [-0.39, 0.29) is 0 Å². The first kappa shape index (κ1) is 19.0. The van der Waals surface area contributed by atoms with Crippen LogP contribution in [0.2, 0.25) is 0 Å². The van der Waals surface area contributed by atoms with Crippen LogP contribution in [0.3, 0.4) is 0 Å². The third-order valence-electron chi connectivity index (χ3n) is 5.99. The van der Waals surface area contributed by atoms with Crippen LogP contribution in [0.4, 0.5) is 0 Å². The van der Waals surface area contributed by atoms with Crippen molar-refractivity contribution in [3.05, 3.63) is 23.8 Å². The maximum absolute atomic E-state index is 12.5. The van der Waals surface area contributed by atoms with E-state index in [0.717, 1.165) is 63.0 Å². The minimum absolute atomic E-state index is 0.356. The number of nitrogens with one attached hydrogen (secondary N) is 1. The van der Waals surface area contributed by atoms with E-state index in [1.165, 1.54) is 36.1 Å². The van der Waals surface area contributed by atoms with Crippen molar-refractivity contribution in [1.82, 2.24) is 4.90 Å². The molecule has 1 aromatic carbocycles.